The van der Waals surface area contributed by atoms with E-state index in [1.807, 2.05) is 24.3 Å². The van der Waals surface area contributed by atoms with E-state index in [1.54, 1.807) is 19.2 Å². The molecule has 1 heterocycles. The van der Waals surface area contributed by atoms with Gasteiger partial charge in [-0.1, -0.05) is 36.4 Å². The lowest BCUT2D eigenvalue weighted by molar-refractivity contribution is -0.138. The third kappa shape index (κ3) is 6.34. The first-order chi connectivity index (χ1) is 17.8. The number of alkyl halides is 3. The number of amides is 1. The highest BCUT2D eigenvalue weighted by atomic mass is 19.4. The lowest BCUT2D eigenvalue weighted by Crippen LogP contribution is -2.27. The first-order valence-electron chi connectivity index (χ1n) is 12.2. The normalized spacial score (nSPS) is 17.7. The smallest absolute Gasteiger partial charge is 0.417 e. The van der Waals surface area contributed by atoms with E-state index in [4.69, 9.17) is 4.74 Å². The van der Waals surface area contributed by atoms with Gasteiger partial charge in [0.2, 0.25) is 0 Å². The second kappa shape index (κ2) is 11.5. The molecule has 1 aliphatic rings. The fraction of sp³-hybridized carbons (Fsp3) is 0.357. The Hall–Kier alpha value is -3.75. The average Bonchev–Trinajstić information content (AvgIpc) is 2.92. The summed E-state index contributed by atoms with van der Waals surface area (Å²) >= 11 is 0. The third-order valence-corrected chi connectivity index (χ3v) is 6.80. The van der Waals surface area contributed by atoms with E-state index in [-0.39, 0.29) is 23.1 Å². The van der Waals surface area contributed by atoms with Crippen LogP contribution in [0, 0.1) is 5.92 Å². The number of Topliss-reactive ketones (excluding diaryl/α,β-unsaturated/α-hetero) is 1. The van der Waals surface area contributed by atoms with E-state index in [0.29, 0.717) is 44.3 Å². The van der Waals surface area contributed by atoms with Gasteiger partial charge in [-0.2, -0.15) is 18.3 Å². The number of ketones is 1. The molecule has 194 valence electrons. The van der Waals surface area contributed by atoms with Crippen molar-refractivity contribution in [3.8, 4) is 5.75 Å². The van der Waals surface area contributed by atoms with Crippen LogP contribution in [0.3, 0.4) is 0 Å². The molecule has 6 nitrogen and oxygen atoms in total. The van der Waals surface area contributed by atoms with Gasteiger partial charge in [-0.15, -0.1) is 5.10 Å². The molecule has 37 heavy (non-hydrogen) atoms. The van der Waals surface area contributed by atoms with Crippen molar-refractivity contribution < 1.29 is 27.5 Å². The highest BCUT2D eigenvalue weighted by Gasteiger charge is 2.37. The fourth-order valence-electron chi connectivity index (χ4n) is 4.81. The van der Waals surface area contributed by atoms with Crippen molar-refractivity contribution >= 4 is 11.7 Å². The second-order valence-electron chi connectivity index (χ2n) is 9.12. The molecule has 2 aromatic carbocycles. The highest BCUT2D eigenvalue weighted by molar-refractivity contribution is 5.99. The van der Waals surface area contributed by atoms with Gasteiger partial charge in [-0.05, 0) is 61.9 Å². The van der Waals surface area contributed by atoms with Gasteiger partial charge in [0.1, 0.15) is 5.75 Å². The molecule has 1 aromatic heterocycles. The second-order valence-corrected chi connectivity index (χ2v) is 9.12. The zero-order valence-corrected chi connectivity index (χ0v) is 20.4. The van der Waals surface area contributed by atoms with E-state index < -0.39 is 23.4 Å². The monoisotopic (exact) mass is 511 g/mol. The Morgan fingerprint density at radius 1 is 0.946 bits per heavy atom. The molecule has 0 aliphatic heterocycles. The lowest BCUT2D eigenvalue weighted by atomic mass is 9.77. The minimum Gasteiger partial charge on any atom is -0.496 e. The number of nitrogens with one attached hydrogen (secondary N) is 1. The van der Waals surface area contributed by atoms with Crippen LogP contribution in [0.25, 0.3) is 0 Å². The summed E-state index contributed by atoms with van der Waals surface area (Å²) in [4.78, 5) is 25.3. The number of halogens is 3. The molecule has 1 fully saturated rings. The van der Waals surface area contributed by atoms with Crippen molar-refractivity contribution in [1.82, 2.24) is 15.5 Å². The van der Waals surface area contributed by atoms with Crippen molar-refractivity contribution in [2.24, 2.45) is 5.92 Å². The van der Waals surface area contributed by atoms with Crippen LogP contribution in [0.4, 0.5) is 13.2 Å². The maximum atomic E-state index is 13.3. The summed E-state index contributed by atoms with van der Waals surface area (Å²) in [5.74, 6) is -0.441. The fourth-order valence-corrected chi connectivity index (χ4v) is 4.81. The van der Waals surface area contributed by atoms with E-state index >= 15 is 0 Å². The van der Waals surface area contributed by atoms with Gasteiger partial charge in [0.25, 0.3) is 5.91 Å². The number of carbonyl (C=O) groups excluding carboxylic acids is 2. The molecule has 4 rings (SSSR count). The number of ether oxygens (including phenoxy) is 1. The number of carbonyl (C=O) groups is 2. The van der Waals surface area contributed by atoms with Gasteiger partial charge in [-0.25, -0.2) is 0 Å². The number of rotatable bonds is 8. The zero-order chi connectivity index (χ0) is 26.4. The van der Waals surface area contributed by atoms with Crippen molar-refractivity contribution in [3.05, 3.63) is 88.7 Å². The molecule has 3 aromatic rings. The van der Waals surface area contributed by atoms with Crippen molar-refractivity contribution in [1.29, 1.82) is 0 Å². The van der Waals surface area contributed by atoms with Crippen LogP contribution in [-0.4, -0.2) is 35.5 Å². The van der Waals surface area contributed by atoms with Gasteiger partial charge in [-0.3, -0.25) is 9.59 Å². The Labute approximate surface area is 213 Å². The minimum absolute atomic E-state index is 0.0390. The standard InChI is InChI=1S/C28H28F3N3O3/c1-37-25-9-5-2-6-19(25)16-17-32-27(36)24-15-14-23(33-34-24)18-10-12-20(13-11-18)26(35)21-7-3-4-8-22(21)28(29,30)31/h2-9,14-15,18,20H,10-13,16-17H2,1H3,(H,32,36). The van der Waals surface area contributed by atoms with Crippen molar-refractivity contribution in [2.75, 3.05) is 13.7 Å². The largest absolute Gasteiger partial charge is 0.496 e. The molecule has 0 unspecified atom stereocenters. The molecule has 9 heteroatoms. The Morgan fingerprint density at radius 2 is 1.65 bits per heavy atom. The number of methoxy groups -OCH3 is 1. The van der Waals surface area contributed by atoms with Gasteiger partial charge in [0.05, 0.1) is 18.4 Å². The Kier molecular flexibility index (Phi) is 8.21. The van der Waals surface area contributed by atoms with Gasteiger partial charge in [0, 0.05) is 23.9 Å². The number of hydrogen-bond acceptors (Lipinski definition) is 5. The number of aromatic nitrogens is 2. The molecule has 1 N–H and O–H groups in total. The van der Waals surface area contributed by atoms with Crippen molar-refractivity contribution in [2.45, 2.75) is 44.2 Å². The molecular formula is C28H28F3N3O3. The quantitative estimate of drug-likeness (QED) is 0.396. The summed E-state index contributed by atoms with van der Waals surface area (Å²) in [7, 11) is 1.60. The molecular weight excluding hydrogens is 483 g/mol. The molecule has 1 aliphatic carbocycles. The van der Waals surface area contributed by atoms with E-state index in [1.165, 1.54) is 18.2 Å². The third-order valence-electron chi connectivity index (χ3n) is 6.80. The summed E-state index contributed by atoms with van der Waals surface area (Å²) in [5, 5.41) is 11.1. The first kappa shape index (κ1) is 26.3. The maximum Gasteiger partial charge on any atom is 0.417 e. The topological polar surface area (TPSA) is 81.2 Å². The van der Waals surface area contributed by atoms with Crippen molar-refractivity contribution in [3.63, 3.8) is 0 Å². The molecule has 1 saturated carbocycles. The Morgan fingerprint density at radius 3 is 2.32 bits per heavy atom. The van der Waals surface area contributed by atoms with Crippen LogP contribution < -0.4 is 10.1 Å². The van der Waals surface area contributed by atoms with Crippen LogP contribution in [0.2, 0.25) is 0 Å². The molecule has 1 amide bonds. The Balaban J connectivity index is 1.30. The summed E-state index contributed by atoms with van der Waals surface area (Å²) in [6.07, 6.45) is -1.78. The molecule has 0 saturated heterocycles. The van der Waals surface area contributed by atoms with E-state index in [2.05, 4.69) is 15.5 Å². The van der Waals surface area contributed by atoms with E-state index in [9.17, 15) is 22.8 Å². The molecule has 0 spiro atoms. The van der Waals surface area contributed by atoms with Gasteiger partial charge in [0.15, 0.2) is 11.5 Å². The Bertz CT molecular complexity index is 1240. The summed E-state index contributed by atoms with van der Waals surface area (Å²) < 4.78 is 45.3. The lowest BCUT2D eigenvalue weighted by Gasteiger charge is -2.27. The molecule has 0 radical (unpaired) electrons. The van der Waals surface area contributed by atoms with Gasteiger partial charge >= 0.3 is 6.18 Å². The van der Waals surface area contributed by atoms with Crippen LogP contribution in [-0.2, 0) is 12.6 Å². The van der Waals surface area contributed by atoms with Crippen LogP contribution in [0.15, 0.2) is 60.7 Å². The highest BCUT2D eigenvalue weighted by Crippen LogP contribution is 2.38. The predicted molar refractivity (Wildman–Crippen MR) is 132 cm³/mol. The summed E-state index contributed by atoms with van der Waals surface area (Å²) in [6.45, 7) is 0.415. The number of nitrogens with zero attached hydrogens (tertiary/aromatic N) is 2. The summed E-state index contributed by atoms with van der Waals surface area (Å²) in [5.41, 5.74) is 0.760. The number of para-hydroxylation sites is 1. The maximum absolute atomic E-state index is 13.3. The average molecular weight is 512 g/mol. The number of hydrogen-bond donors (Lipinski definition) is 1. The van der Waals surface area contributed by atoms with Crippen LogP contribution in [0.5, 0.6) is 5.75 Å². The minimum atomic E-state index is -4.57. The first-order valence-corrected chi connectivity index (χ1v) is 12.2. The molecule has 0 atom stereocenters. The van der Waals surface area contributed by atoms with Gasteiger partial charge < -0.3 is 10.1 Å². The summed E-state index contributed by atoms with van der Waals surface area (Å²) in [6, 6.07) is 15.9. The van der Waals surface area contributed by atoms with Crippen LogP contribution >= 0.6 is 0 Å². The number of benzene rings is 2. The van der Waals surface area contributed by atoms with E-state index in [0.717, 1.165) is 17.4 Å². The zero-order valence-electron chi connectivity index (χ0n) is 20.4. The molecule has 0 bridgehead atoms. The van der Waals surface area contributed by atoms with Crippen LogP contribution in [0.1, 0.15) is 69.3 Å². The predicted octanol–water partition coefficient (Wildman–Crippen LogP) is 5.63. The SMILES string of the molecule is COc1ccccc1CCNC(=O)c1ccc(C2CCC(C(=O)c3ccccc3C(F)(F)F)CC2)nn1.